The van der Waals surface area contributed by atoms with Gasteiger partial charge in [0.1, 0.15) is 0 Å². The van der Waals surface area contributed by atoms with Gasteiger partial charge in [0, 0.05) is 0 Å². The summed E-state index contributed by atoms with van der Waals surface area (Å²) < 4.78 is 135. The quantitative estimate of drug-likeness (QED) is 0.518. The zero-order chi connectivity index (χ0) is 17.3. The van der Waals surface area contributed by atoms with E-state index in [0.29, 0.717) is 0 Å². The summed E-state index contributed by atoms with van der Waals surface area (Å²) in [6, 6.07) is 0. The second-order valence-electron chi connectivity index (χ2n) is 3.86. The Hall–Kier alpha value is -0.720. The Morgan fingerprint density at radius 3 is 1.62 bits per heavy atom. The van der Waals surface area contributed by atoms with Crippen LogP contribution in [0.4, 0.5) is 39.5 Å². The predicted molar refractivity (Wildman–Crippen MR) is 50.7 cm³/mol. The van der Waals surface area contributed by atoms with Gasteiger partial charge in [0.05, 0.1) is 5.75 Å². The molecule has 0 aliphatic rings. The third kappa shape index (κ3) is 4.14. The molecule has 0 N–H and O–H groups in total. The molecule has 0 saturated heterocycles. The lowest BCUT2D eigenvalue weighted by atomic mass is 10.1. The molecule has 0 aromatic rings. The molecule has 0 aromatic heterocycles. The lowest BCUT2D eigenvalue weighted by Crippen LogP contribution is -2.62. The van der Waals surface area contributed by atoms with E-state index in [2.05, 4.69) is 4.18 Å². The molecular formula is C8H9F9O3S. The highest BCUT2D eigenvalue weighted by Gasteiger charge is 2.83. The van der Waals surface area contributed by atoms with E-state index >= 15 is 0 Å². The second kappa shape index (κ2) is 5.82. The van der Waals surface area contributed by atoms with Gasteiger partial charge in [-0.25, -0.2) is 0 Å². The molecule has 3 nitrogen and oxygen atoms in total. The molecule has 0 aromatic carbocycles. The zero-order valence-electron chi connectivity index (χ0n) is 10.2. The van der Waals surface area contributed by atoms with Crippen LogP contribution in [-0.4, -0.2) is 38.3 Å². The maximum atomic E-state index is 12.8. The van der Waals surface area contributed by atoms with Crippen LogP contribution in [0.25, 0.3) is 0 Å². The summed E-state index contributed by atoms with van der Waals surface area (Å²) in [5, 5.41) is 0. The normalized spacial score (nSPS) is 15.3. The van der Waals surface area contributed by atoms with Crippen molar-refractivity contribution in [3.63, 3.8) is 0 Å². The van der Waals surface area contributed by atoms with Crippen molar-refractivity contribution in [2.45, 2.75) is 43.9 Å². The van der Waals surface area contributed by atoms with Crippen molar-refractivity contribution in [2.24, 2.45) is 0 Å². The molecular weight excluding hydrogens is 347 g/mol. The Labute approximate surface area is 113 Å². The number of unbranched alkanes of at least 4 members (excludes halogenated alkanes) is 1. The Morgan fingerprint density at radius 2 is 1.29 bits per heavy atom. The van der Waals surface area contributed by atoms with Crippen molar-refractivity contribution in [3.05, 3.63) is 0 Å². The Balaban J connectivity index is 5.50. The van der Waals surface area contributed by atoms with Crippen molar-refractivity contribution in [3.8, 4) is 0 Å². The largest absolute Gasteiger partial charge is 0.460 e. The van der Waals surface area contributed by atoms with E-state index in [1.54, 1.807) is 0 Å². The highest BCUT2D eigenvalue weighted by Crippen LogP contribution is 2.53. The third-order valence-electron chi connectivity index (χ3n) is 2.10. The second-order valence-corrected chi connectivity index (χ2v) is 5.55. The van der Waals surface area contributed by atoms with Crippen LogP contribution < -0.4 is 0 Å². The van der Waals surface area contributed by atoms with Crippen molar-refractivity contribution >= 4 is 10.1 Å². The third-order valence-corrected chi connectivity index (χ3v) is 3.35. The van der Waals surface area contributed by atoms with Gasteiger partial charge in [0.2, 0.25) is 0 Å². The molecule has 0 aliphatic heterocycles. The minimum absolute atomic E-state index is 0.0866. The predicted octanol–water partition coefficient (Wildman–Crippen LogP) is 3.56. The lowest BCUT2D eigenvalue weighted by Gasteiger charge is -2.32. The van der Waals surface area contributed by atoms with E-state index in [1.807, 2.05) is 0 Å². The fraction of sp³-hybridized carbons (Fsp3) is 1.00. The van der Waals surface area contributed by atoms with Gasteiger partial charge in [0.15, 0.2) is 0 Å². The smallest absolute Gasteiger partial charge is 0.199 e. The summed E-state index contributed by atoms with van der Waals surface area (Å²) in [5.41, 5.74) is 0. The molecule has 0 unspecified atom stereocenters. The van der Waals surface area contributed by atoms with E-state index in [9.17, 15) is 47.9 Å². The van der Waals surface area contributed by atoms with Crippen molar-refractivity contribution in [1.82, 2.24) is 0 Å². The topological polar surface area (TPSA) is 43.4 Å². The molecule has 0 saturated carbocycles. The van der Waals surface area contributed by atoms with Crippen LogP contribution >= 0.6 is 0 Å². The van der Waals surface area contributed by atoms with Gasteiger partial charge in [-0.3, -0.25) is 0 Å². The van der Waals surface area contributed by atoms with Crippen LogP contribution in [0.15, 0.2) is 0 Å². The lowest BCUT2D eigenvalue weighted by molar-refractivity contribution is -0.428. The Morgan fingerprint density at radius 1 is 0.857 bits per heavy atom. The molecule has 0 atom stereocenters. The monoisotopic (exact) mass is 356 g/mol. The Bertz CT molecular complexity index is 454. The molecule has 21 heavy (non-hydrogen) atoms. The number of hydrogen-bond acceptors (Lipinski definition) is 3. The first-order valence-electron chi connectivity index (χ1n) is 5.15. The molecule has 0 aliphatic carbocycles. The van der Waals surface area contributed by atoms with Crippen LogP contribution in [0.5, 0.6) is 0 Å². The molecule has 0 radical (unpaired) electrons. The number of halogens is 9. The van der Waals surface area contributed by atoms with Crippen LogP contribution in [0, 0.1) is 0 Å². The van der Waals surface area contributed by atoms with Crippen LogP contribution in [0.3, 0.4) is 0 Å². The number of alkyl halides is 9. The summed E-state index contributed by atoms with van der Waals surface area (Å²) in [6.07, 6.45) is -13.9. The average Bonchev–Trinajstić information content (AvgIpc) is 2.22. The van der Waals surface area contributed by atoms with Gasteiger partial charge in [-0.1, -0.05) is 13.3 Å². The van der Waals surface area contributed by atoms with Gasteiger partial charge >= 0.3 is 24.1 Å². The van der Waals surface area contributed by atoms with Crippen LogP contribution in [-0.2, 0) is 14.3 Å². The molecule has 13 heteroatoms. The maximum absolute atomic E-state index is 12.8. The summed E-state index contributed by atoms with van der Waals surface area (Å²) in [5.74, 6) is -15.5. The summed E-state index contributed by atoms with van der Waals surface area (Å²) in [4.78, 5) is 0. The molecule has 0 rings (SSSR count). The van der Waals surface area contributed by atoms with Crippen LogP contribution in [0.2, 0.25) is 0 Å². The summed E-state index contributed by atoms with van der Waals surface area (Å²) in [6.45, 7) is 1.38. The van der Waals surface area contributed by atoms with E-state index in [4.69, 9.17) is 0 Å². The van der Waals surface area contributed by atoms with E-state index in [0.717, 1.165) is 0 Å². The minimum Gasteiger partial charge on any atom is -0.199 e. The van der Waals surface area contributed by atoms with Crippen molar-refractivity contribution < 1.29 is 52.1 Å². The number of rotatable bonds is 7. The number of hydrogen-bond donors (Lipinski definition) is 0. The molecule has 128 valence electrons. The first kappa shape index (κ1) is 20.3. The molecule has 0 amide bonds. The van der Waals surface area contributed by atoms with E-state index < -0.39 is 40.0 Å². The molecule has 0 heterocycles. The van der Waals surface area contributed by atoms with Gasteiger partial charge < -0.3 is 0 Å². The minimum atomic E-state index is -7.19. The average molecular weight is 356 g/mol. The fourth-order valence-electron chi connectivity index (χ4n) is 0.935. The molecule has 0 bridgehead atoms. The van der Waals surface area contributed by atoms with Gasteiger partial charge in [-0.15, -0.1) is 0 Å². The highest BCUT2D eigenvalue weighted by atomic mass is 32.2. The van der Waals surface area contributed by atoms with Gasteiger partial charge in [-0.2, -0.15) is 52.1 Å². The maximum Gasteiger partial charge on any atom is 0.460 e. The van der Waals surface area contributed by atoms with Crippen molar-refractivity contribution in [2.75, 3.05) is 5.75 Å². The SMILES string of the molecule is CCCCS(=O)(=O)OC(F)(F)C(F)(F)C(F)(F)C(F)(F)F. The molecule has 0 spiro atoms. The molecule has 0 fully saturated rings. The first-order chi connectivity index (χ1) is 9.02. The van der Waals surface area contributed by atoms with Crippen molar-refractivity contribution in [1.29, 1.82) is 0 Å². The highest BCUT2D eigenvalue weighted by molar-refractivity contribution is 7.86. The van der Waals surface area contributed by atoms with E-state index in [1.165, 1.54) is 6.92 Å². The Kier molecular flexibility index (Phi) is 5.62. The standard InChI is InChI=1S/C8H9F9O3S/c1-2-3-4-21(18,19)20-8(16,17)6(11,12)5(9,10)7(13,14)15/h2-4H2,1H3. The van der Waals surface area contributed by atoms with Gasteiger partial charge in [0.25, 0.3) is 10.1 Å². The first-order valence-corrected chi connectivity index (χ1v) is 6.73. The summed E-state index contributed by atoms with van der Waals surface area (Å²) in [7, 11) is -5.42. The van der Waals surface area contributed by atoms with Gasteiger partial charge in [-0.05, 0) is 6.42 Å². The summed E-state index contributed by atoms with van der Waals surface area (Å²) >= 11 is 0. The van der Waals surface area contributed by atoms with Crippen LogP contribution in [0.1, 0.15) is 19.8 Å². The fourth-order valence-corrected chi connectivity index (χ4v) is 2.08. The zero-order valence-corrected chi connectivity index (χ0v) is 11.0. The van der Waals surface area contributed by atoms with E-state index in [-0.39, 0.29) is 12.8 Å².